The van der Waals surface area contributed by atoms with Crippen LogP contribution in [-0.2, 0) is 16.4 Å². The highest BCUT2D eigenvalue weighted by Gasteiger charge is 2.46. The summed E-state index contributed by atoms with van der Waals surface area (Å²) in [6.45, 7) is 4.25. The molecule has 0 unspecified atom stereocenters. The molecule has 3 rings (SSSR count). The minimum absolute atomic E-state index is 0.0236. The summed E-state index contributed by atoms with van der Waals surface area (Å²) in [7, 11) is -3.08. The fraction of sp³-hybridized carbons (Fsp3) is 0.625. The first-order valence-corrected chi connectivity index (χ1v) is 9.76. The molecule has 2 saturated heterocycles. The lowest BCUT2D eigenvalue weighted by Gasteiger charge is -2.43. The van der Waals surface area contributed by atoms with E-state index in [4.69, 9.17) is 0 Å². The third kappa shape index (κ3) is 3.57. The topological polar surface area (TPSA) is 60.9 Å². The fourth-order valence-corrected chi connectivity index (χ4v) is 5.79. The first-order valence-electron chi connectivity index (χ1n) is 7.94. The molecule has 1 aromatic carbocycles. The molecule has 1 N–H and O–H groups in total. The normalized spacial score (nSPS) is 28.0. The highest BCUT2D eigenvalue weighted by Crippen LogP contribution is 2.28. The second-order valence-electron chi connectivity index (χ2n) is 6.54. The molecule has 0 aliphatic carbocycles. The van der Waals surface area contributed by atoms with Gasteiger partial charge in [-0.3, -0.25) is 9.80 Å². The van der Waals surface area contributed by atoms with Gasteiger partial charge in [0, 0.05) is 43.8 Å². The van der Waals surface area contributed by atoms with E-state index in [1.54, 1.807) is 6.07 Å². The number of piperazine rings is 1. The van der Waals surface area contributed by atoms with Crippen LogP contribution in [0.25, 0.3) is 0 Å². The van der Waals surface area contributed by atoms with E-state index in [1.165, 1.54) is 6.07 Å². The number of aliphatic hydroxyl groups is 1. The Bertz CT molecular complexity index is 680. The van der Waals surface area contributed by atoms with Crippen molar-refractivity contribution in [2.24, 2.45) is 0 Å². The molecule has 0 spiro atoms. The first kappa shape index (κ1) is 16.8. The second kappa shape index (κ2) is 6.47. The van der Waals surface area contributed by atoms with Crippen molar-refractivity contribution in [1.82, 2.24) is 9.80 Å². The van der Waals surface area contributed by atoms with Crippen LogP contribution in [0, 0.1) is 12.7 Å². The number of fused-ring (bicyclic) bond motifs is 1. The molecule has 1 aromatic rings. The van der Waals surface area contributed by atoms with E-state index in [1.807, 2.05) is 13.0 Å². The van der Waals surface area contributed by atoms with Crippen molar-refractivity contribution in [1.29, 1.82) is 0 Å². The molecule has 0 saturated carbocycles. The quantitative estimate of drug-likeness (QED) is 0.859. The number of hydrogen-bond donors (Lipinski definition) is 1. The Labute approximate surface area is 136 Å². The summed E-state index contributed by atoms with van der Waals surface area (Å²) in [6, 6.07) is 4.80. The highest BCUT2D eigenvalue weighted by atomic mass is 32.2. The molecule has 0 radical (unpaired) electrons. The third-order valence-electron chi connectivity index (χ3n) is 4.87. The standard InChI is InChI=1S/C16H23FN2O3S/c1-12-2-3-14(17)13(8-12)9-19-5-4-18(6-7-20)15-10-23(21,22)11-16(15)19/h2-3,8,15-16,20H,4-7,9-11H2,1H3/t15-,16+/m1/s1. The zero-order valence-corrected chi connectivity index (χ0v) is 14.1. The Morgan fingerprint density at radius 1 is 1.22 bits per heavy atom. The molecule has 2 aliphatic rings. The number of β-amino-alcohol motifs (C(OH)–C–C–N with tert-alkyl or cyclic N) is 1. The predicted octanol–water partition coefficient (Wildman–Crippen LogP) is 0.410. The summed E-state index contributed by atoms with van der Waals surface area (Å²) in [5.74, 6) is 0.00288. The van der Waals surface area contributed by atoms with Crippen molar-refractivity contribution < 1.29 is 17.9 Å². The SMILES string of the molecule is Cc1ccc(F)c(CN2CCN(CCO)[C@@H]3CS(=O)(=O)C[C@@H]32)c1. The van der Waals surface area contributed by atoms with Gasteiger partial charge in [0.15, 0.2) is 9.84 Å². The van der Waals surface area contributed by atoms with Crippen LogP contribution >= 0.6 is 0 Å². The molecule has 0 aromatic heterocycles. The zero-order valence-electron chi connectivity index (χ0n) is 13.3. The smallest absolute Gasteiger partial charge is 0.153 e. The molecule has 2 atom stereocenters. The van der Waals surface area contributed by atoms with Gasteiger partial charge in [-0.15, -0.1) is 0 Å². The second-order valence-corrected chi connectivity index (χ2v) is 8.69. The summed E-state index contributed by atoms with van der Waals surface area (Å²) in [4.78, 5) is 4.14. The number of aryl methyl sites for hydroxylation is 1. The van der Waals surface area contributed by atoms with Crippen molar-refractivity contribution in [3.8, 4) is 0 Å². The molecule has 0 amide bonds. The van der Waals surface area contributed by atoms with Crippen LogP contribution in [0.15, 0.2) is 18.2 Å². The molecule has 7 heteroatoms. The van der Waals surface area contributed by atoms with Crippen LogP contribution in [0.1, 0.15) is 11.1 Å². The van der Waals surface area contributed by atoms with Gasteiger partial charge < -0.3 is 5.11 Å². The monoisotopic (exact) mass is 342 g/mol. The van der Waals surface area contributed by atoms with Gasteiger partial charge in [-0.2, -0.15) is 0 Å². The lowest BCUT2D eigenvalue weighted by atomic mass is 10.0. The van der Waals surface area contributed by atoms with Gasteiger partial charge in [-0.1, -0.05) is 17.7 Å². The maximum atomic E-state index is 14.0. The van der Waals surface area contributed by atoms with Crippen LogP contribution in [0.4, 0.5) is 4.39 Å². The Balaban J connectivity index is 1.82. The first-order chi connectivity index (χ1) is 10.9. The fourth-order valence-electron chi connectivity index (χ4n) is 3.74. The van der Waals surface area contributed by atoms with Gasteiger partial charge in [-0.05, 0) is 13.0 Å². The van der Waals surface area contributed by atoms with Crippen molar-refractivity contribution in [3.63, 3.8) is 0 Å². The minimum Gasteiger partial charge on any atom is -0.395 e. The van der Waals surface area contributed by atoms with Crippen LogP contribution in [0.3, 0.4) is 0 Å². The molecule has 2 fully saturated rings. The Morgan fingerprint density at radius 2 is 1.87 bits per heavy atom. The number of halogens is 1. The number of aliphatic hydroxyl groups excluding tert-OH is 1. The van der Waals surface area contributed by atoms with E-state index in [-0.39, 0.29) is 36.0 Å². The number of benzene rings is 1. The van der Waals surface area contributed by atoms with Crippen molar-refractivity contribution in [2.75, 3.05) is 37.7 Å². The summed E-state index contributed by atoms with van der Waals surface area (Å²) in [5, 5.41) is 9.18. The Kier molecular flexibility index (Phi) is 4.73. The van der Waals surface area contributed by atoms with Gasteiger partial charge in [0.2, 0.25) is 0 Å². The van der Waals surface area contributed by atoms with Gasteiger partial charge in [0.1, 0.15) is 5.82 Å². The molecule has 23 heavy (non-hydrogen) atoms. The lowest BCUT2D eigenvalue weighted by Crippen LogP contribution is -2.59. The van der Waals surface area contributed by atoms with Gasteiger partial charge in [0.05, 0.1) is 18.1 Å². The van der Waals surface area contributed by atoms with Crippen LogP contribution in [-0.4, -0.2) is 73.2 Å². The minimum atomic E-state index is -3.08. The molecular formula is C16H23FN2O3S. The van der Waals surface area contributed by atoms with E-state index in [2.05, 4.69) is 9.80 Å². The van der Waals surface area contributed by atoms with E-state index < -0.39 is 9.84 Å². The third-order valence-corrected chi connectivity index (χ3v) is 6.57. The molecule has 2 heterocycles. The van der Waals surface area contributed by atoms with Crippen molar-refractivity contribution in [2.45, 2.75) is 25.6 Å². The van der Waals surface area contributed by atoms with Crippen molar-refractivity contribution >= 4 is 9.84 Å². The molecule has 0 bridgehead atoms. The zero-order chi connectivity index (χ0) is 16.6. The van der Waals surface area contributed by atoms with E-state index in [9.17, 15) is 17.9 Å². The molecule has 128 valence electrons. The largest absolute Gasteiger partial charge is 0.395 e. The highest BCUT2D eigenvalue weighted by molar-refractivity contribution is 7.91. The average molecular weight is 342 g/mol. The van der Waals surface area contributed by atoms with E-state index >= 15 is 0 Å². The molecular weight excluding hydrogens is 319 g/mol. The number of rotatable bonds is 4. The Morgan fingerprint density at radius 3 is 2.57 bits per heavy atom. The van der Waals surface area contributed by atoms with Crippen molar-refractivity contribution in [3.05, 3.63) is 35.1 Å². The van der Waals surface area contributed by atoms with Crippen LogP contribution < -0.4 is 0 Å². The van der Waals surface area contributed by atoms with Gasteiger partial charge in [0.25, 0.3) is 0 Å². The van der Waals surface area contributed by atoms with Crippen LogP contribution in [0.2, 0.25) is 0 Å². The number of hydrogen-bond acceptors (Lipinski definition) is 5. The summed E-state index contributed by atoms with van der Waals surface area (Å²) >= 11 is 0. The van der Waals surface area contributed by atoms with E-state index in [0.29, 0.717) is 31.7 Å². The molecule has 5 nitrogen and oxygen atoms in total. The summed E-state index contributed by atoms with van der Waals surface area (Å²) < 4.78 is 38.2. The van der Waals surface area contributed by atoms with Gasteiger partial charge >= 0.3 is 0 Å². The lowest BCUT2D eigenvalue weighted by molar-refractivity contribution is 0.0302. The average Bonchev–Trinajstić information content (AvgIpc) is 2.81. The number of nitrogens with zero attached hydrogens (tertiary/aromatic N) is 2. The van der Waals surface area contributed by atoms with E-state index in [0.717, 1.165) is 5.56 Å². The molecule has 2 aliphatic heterocycles. The number of sulfone groups is 1. The Hall–Kier alpha value is -1.02. The summed E-state index contributed by atoms with van der Waals surface area (Å²) in [6.07, 6.45) is 0. The maximum absolute atomic E-state index is 14.0. The van der Waals surface area contributed by atoms with Gasteiger partial charge in [-0.25, -0.2) is 12.8 Å². The predicted molar refractivity (Wildman–Crippen MR) is 86.4 cm³/mol. The maximum Gasteiger partial charge on any atom is 0.153 e. The van der Waals surface area contributed by atoms with Crippen LogP contribution in [0.5, 0.6) is 0 Å². The summed E-state index contributed by atoms with van der Waals surface area (Å²) in [5.41, 5.74) is 1.61.